The van der Waals surface area contributed by atoms with Crippen LogP contribution in [0.5, 0.6) is 0 Å². The molecular weight excluding hydrogens is 516 g/mol. The molecule has 4 rings (SSSR count). The quantitative estimate of drug-likeness (QED) is 0.274. The van der Waals surface area contributed by atoms with Gasteiger partial charge in [0.05, 0.1) is 25.4 Å². The van der Waals surface area contributed by atoms with Crippen LogP contribution in [0.3, 0.4) is 0 Å². The maximum Gasteiger partial charge on any atom is 0.197 e. The van der Waals surface area contributed by atoms with Gasteiger partial charge in [-0.1, -0.05) is 32.4 Å². The smallest absolute Gasteiger partial charge is 0.197 e. The number of fused-ring (bicyclic) bond motifs is 2. The van der Waals surface area contributed by atoms with Crippen LogP contribution in [0.25, 0.3) is 0 Å². The van der Waals surface area contributed by atoms with E-state index in [1.807, 2.05) is 6.08 Å². The van der Waals surface area contributed by atoms with Crippen molar-refractivity contribution in [2.75, 3.05) is 13.2 Å². The van der Waals surface area contributed by atoms with Crippen molar-refractivity contribution >= 4 is 5.78 Å². The Morgan fingerprint density at radius 3 is 2.15 bits per heavy atom. The van der Waals surface area contributed by atoms with E-state index in [0.717, 1.165) is 17.6 Å². The minimum absolute atomic E-state index is 0.0269. The van der Waals surface area contributed by atoms with Gasteiger partial charge in [-0.2, -0.15) is 0 Å². The largest absolute Gasteiger partial charge is 0.393 e. The zero-order chi connectivity index (χ0) is 30.5. The van der Waals surface area contributed by atoms with Crippen LogP contribution in [-0.2, 0) is 14.3 Å². The number of Topliss-reactive ketones (excluding diaryl/α,β-unsaturated/α-hetero) is 1. The predicted octanol–water partition coefficient (Wildman–Crippen LogP) is 2.15. The van der Waals surface area contributed by atoms with Gasteiger partial charge in [0.25, 0.3) is 0 Å². The molecule has 3 aliphatic carbocycles. The summed E-state index contributed by atoms with van der Waals surface area (Å²) in [5, 5.41) is 67.2. The second kappa shape index (κ2) is 9.16. The Balaban J connectivity index is 1.74. The average Bonchev–Trinajstić information content (AvgIpc) is 2.87. The molecule has 0 aromatic rings. The fourth-order valence-corrected chi connectivity index (χ4v) is 8.29. The Labute approximate surface area is 237 Å². The van der Waals surface area contributed by atoms with Crippen molar-refractivity contribution in [1.29, 1.82) is 0 Å². The summed E-state index contributed by atoms with van der Waals surface area (Å²) in [6.45, 7) is 15.7. The maximum atomic E-state index is 13.6. The molecule has 2 fully saturated rings. The number of rotatable bonds is 5. The molecule has 1 aliphatic heterocycles. The van der Waals surface area contributed by atoms with Gasteiger partial charge in [-0.3, -0.25) is 4.79 Å². The van der Waals surface area contributed by atoms with Crippen molar-refractivity contribution in [3.05, 3.63) is 23.8 Å². The zero-order valence-corrected chi connectivity index (χ0v) is 25.4. The van der Waals surface area contributed by atoms with Gasteiger partial charge in [-0.15, -0.1) is 6.58 Å². The molecule has 228 valence electrons. The van der Waals surface area contributed by atoms with E-state index in [0.29, 0.717) is 19.3 Å². The highest BCUT2D eigenvalue weighted by molar-refractivity contribution is 5.98. The summed E-state index contributed by atoms with van der Waals surface area (Å²) in [6.07, 6.45) is 2.18. The average molecular weight is 567 g/mol. The molecular formula is C31H50O9. The number of ether oxygens (including phenoxy) is 2. The highest BCUT2D eigenvalue weighted by atomic mass is 16.7. The maximum absolute atomic E-state index is 13.6. The Morgan fingerprint density at radius 1 is 1.00 bits per heavy atom. The number of carbonyl (C=O) groups excluding carboxylic acids is 1. The summed E-state index contributed by atoms with van der Waals surface area (Å²) in [6, 6.07) is 0. The highest BCUT2D eigenvalue weighted by Crippen LogP contribution is 2.63. The van der Waals surface area contributed by atoms with Crippen molar-refractivity contribution in [3.8, 4) is 0 Å². The van der Waals surface area contributed by atoms with E-state index in [2.05, 4.69) is 20.4 Å². The molecule has 1 saturated carbocycles. The summed E-state index contributed by atoms with van der Waals surface area (Å²) >= 11 is 0. The molecule has 1 saturated heterocycles. The number of hydrogen-bond acceptors (Lipinski definition) is 9. The molecule has 11 atom stereocenters. The third kappa shape index (κ3) is 3.92. The molecule has 0 aromatic heterocycles. The van der Waals surface area contributed by atoms with E-state index in [4.69, 9.17) is 9.47 Å². The first-order chi connectivity index (χ1) is 18.0. The lowest BCUT2D eigenvalue weighted by atomic mass is 9.46. The Kier molecular flexibility index (Phi) is 7.28. The predicted molar refractivity (Wildman–Crippen MR) is 148 cm³/mol. The summed E-state index contributed by atoms with van der Waals surface area (Å²) in [5.74, 6) is -2.32. The molecule has 0 radical (unpaired) electrons. The topological polar surface area (TPSA) is 157 Å². The van der Waals surface area contributed by atoms with E-state index in [1.54, 1.807) is 6.92 Å². The molecule has 4 aliphatic rings. The van der Waals surface area contributed by atoms with E-state index in [9.17, 15) is 35.4 Å². The first-order valence-electron chi connectivity index (χ1n) is 14.4. The van der Waals surface area contributed by atoms with Crippen molar-refractivity contribution in [2.45, 2.75) is 128 Å². The van der Waals surface area contributed by atoms with Crippen LogP contribution in [0.1, 0.15) is 87.5 Å². The monoisotopic (exact) mass is 566 g/mol. The molecule has 40 heavy (non-hydrogen) atoms. The van der Waals surface area contributed by atoms with Gasteiger partial charge in [0.2, 0.25) is 0 Å². The molecule has 0 spiro atoms. The lowest BCUT2D eigenvalue weighted by Gasteiger charge is -2.66. The van der Waals surface area contributed by atoms with Gasteiger partial charge in [0.15, 0.2) is 11.6 Å². The Bertz CT molecular complexity index is 1110. The third-order valence-electron chi connectivity index (χ3n) is 12.2. The fraction of sp³-hybridized carbons (Fsp3) is 0.839. The van der Waals surface area contributed by atoms with Crippen LogP contribution in [0, 0.1) is 22.2 Å². The Hall–Kier alpha value is -1.17. The van der Waals surface area contributed by atoms with Crippen molar-refractivity contribution in [1.82, 2.24) is 0 Å². The summed E-state index contributed by atoms with van der Waals surface area (Å²) in [7, 11) is 0. The van der Waals surface area contributed by atoms with Crippen LogP contribution in [0.4, 0.5) is 0 Å². The highest BCUT2D eigenvalue weighted by Gasteiger charge is 2.75. The van der Waals surface area contributed by atoms with Crippen molar-refractivity contribution in [2.24, 2.45) is 22.2 Å². The summed E-state index contributed by atoms with van der Waals surface area (Å²) < 4.78 is 12.4. The van der Waals surface area contributed by atoms with E-state index in [1.165, 1.54) is 34.6 Å². The van der Waals surface area contributed by atoms with E-state index in [-0.39, 0.29) is 30.1 Å². The normalized spacial score (nSPS) is 55.0. The minimum atomic E-state index is -2.20. The third-order valence-corrected chi connectivity index (χ3v) is 12.2. The van der Waals surface area contributed by atoms with Crippen LogP contribution in [0.15, 0.2) is 23.8 Å². The lowest BCUT2D eigenvalue weighted by molar-refractivity contribution is -0.461. The number of carbonyl (C=O) groups is 1. The standard InChI is InChI=1S/C31H50O9/c1-10-24(2)12-11-19-18(14-24)20(33)13-22-25(19,3)15-21(34)23(35)26(22,4)17-39-31(9)30(8,38)29(7,37)28(6,36)27(5,16-32)40-31/h10,21-23,32,34-38H,1,11-17H2,2-9H3/t21-,22?,23+,24+,25-,26-,27-,28-,29+,30+,31-/m1/s1. The van der Waals surface area contributed by atoms with Gasteiger partial charge in [-0.25, -0.2) is 0 Å². The molecule has 1 heterocycles. The zero-order valence-electron chi connectivity index (χ0n) is 25.4. The van der Waals surface area contributed by atoms with Crippen LogP contribution in [-0.4, -0.2) is 90.0 Å². The van der Waals surface area contributed by atoms with Gasteiger partial charge in [0, 0.05) is 11.8 Å². The number of allylic oxidation sites excluding steroid dienone is 3. The van der Waals surface area contributed by atoms with E-state index >= 15 is 0 Å². The molecule has 0 amide bonds. The van der Waals surface area contributed by atoms with Gasteiger partial charge < -0.3 is 40.1 Å². The fourth-order valence-electron chi connectivity index (χ4n) is 8.29. The first kappa shape index (κ1) is 31.8. The second-order valence-electron chi connectivity index (χ2n) is 14.8. The number of aliphatic hydroxyl groups is 6. The van der Waals surface area contributed by atoms with Crippen molar-refractivity contribution in [3.63, 3.8) is 0 Å². The van der Waals surface area contributed by atoms with E-state index < -0.39 is 57.8 Å². The van der Waals surface area contributed by atoms with Crippen LogP contribution in [0.2, 0.25) is 0 Å². The SMILES string of the molecule is C=C[C@@]1(C)CCC2=C(C1)C(=O)CC1[C@]2(C)C[C@@H](O)[C@H](O)[C@]1(C)CO[C@]1(C)O[C@](C)(CO)[C@@](C)(O)[C@](C)(O)[C@]1(C)O. The molecule has 9 heteroatoms. The summed E-state index contributed by atoms with van der Waals surface area (Å²) in [4.78, 5) is 13.6. The van der Waals surface area contributed by atoms with Crippen molar-refractivity contribution < 1.29 is 44.9 Å². The first-order valence-corrected chi connectivity index (χ1v) is 14.4. The van der Waals surface area contributed by atoms with Gasteiger partial charge >= 0.3 is 0 Å². The molecule has 0 bridgehead atoms. The van der Waals surface area contributed by atoms with Crippen LogP contribution < -0.4 is 0 Å². The number of hydrogen-bond donors (Lipinski definition) is 6. The molecule has 0 aromatic carbocycles. The molecule has 9 nitrogen and oxygen atoms in total. The number of aliphatic hydroxyl groups excluding tert-OH is 3. The minimum Gasteiger partial charge on any atom is -0.393 e. The van der Waals surface area contributed by atoms with Gasteiger partial charge in [-0.05, 0) is 82.6 Å². The summed E-state index contributed by atoms with van der Waals surface area (Å²) in [5.41, 5.74) is -8.26. The molecule has 1 unspecified atom stereocenters. The number of ketones is 1. The Morgan fingerprint density at radius 2 is 1.60 bits per heavy atom. The molecule has 6 N–H and O–H groups in total. The van der Waals surface area contributed by atoms with Crippen LogP contribution >= 0.6 is 0 Å². The lowest BCUT2D eigenvalue weighted by Crippen LogP contribution is -2.85. The second-order valence-corrected chi connectivity index (χ2v) is 14.8. The van der Waals surface area contributed by atoms with Gasteiger partial charge in [0.1, 0.15) is 22.4 Å².